The molecule has 12 heteroatoms. The third kappa shape index (κ3) is 6.01. The van der Waals surface area contributed by atoms with Crippen LogP contribution in [0.1, 0.15) is 55.2 Å². The SMILES string of the molecule is Cc1cc2[nH]c(CCCCN(C[C@H]3C[C@@H](n4ccc5c(CC6CC6)ncnc54)[C@H](O)[C@@H]3O)S(C)(=O)=O)nc2cc1Cl. The number of nitrogens with one attached hydrogen (secondary N) is 1. The summed E-state index contributed by atoms with van der Waals surface area (Å²) < 4.78 is 28.8. The molecule has 1 aromatic carbocycles. The Hall–Kier alpha value is -2.57. The predicted octanol–water partition coefficient (Wildman–Crippen LogP) is 3.79. The standard InChI is InChI=1S/C29H37ClN6O4S/c1-17-11-23-24(14-21(17)30)34-26(33-23)5-3-4-9-35(41(2,39)40)15-19-13-25(28(38)27(19)37)36-10-8-20-22(12-18-6-7-18)31-16-32-29(20)36/h8,10-11,14,16,18-19,25,27-28,37-38H,3-7,9,12-13,15H2,1-2H3,(H,33,34)/t19-,25-,27-,28+/m1/s1. The van der Waals surface area contributed by atoms with Crippen LogP contribution < -0.4 is 0 Å². The molecule has 4 aromatic rings. The van der Waals surface area contributed by atoms with E-state index in [4.69, 9.17) is 11.6 Å². The molecule has 41 heavy (non-hydrogen) atoms. The van der Waals surface area contributed by atoms with Gasteiger partial charge in [0.1, 0.15) is 23.9 Å². The van der Waals surface area contributed by atoms with Crippen molar-refractivity contribution in [2.45, 2.75) is 70.1 Å². The van der Waals surface area contributed by atoms with Gasteiger partial charge in [-0.15, -0.1) is 0 Å². The second-order valence-corrected chi connectivity index (χ2v) is 14.2. The molecule has 0 bridgehead atoms. The number of unbranched alkanes of at least 4 members (excludes halogenated alkanes) is 1. The Labute approximate surface area is 244 Å². The van der Waals surface area contributed by atoms with Crippen LogP contribution >= 0.6 is 11.6 Å². The number of sulfonamides is 1. The van der Waals surface area contributed by atoms with Crippen LogP contribution in [-0.2, 0) is 22.9 Å². The van der Waals surface area contributed by atoms with Gasteiger partial charge in [0.05, 0.1) is 35.1 Å². The second-order valence-electron chi connectivity index (χ2n) is 11.9. The number of imidazole rings is 1. The Kier molecular flexibility index (Phi) is 7.84. The van der Waals surface area contributed by atoms with Gasteiger partial charge in [0.15, 0.2) is 0 Å². The average Bonchev–Trinajstić information content (AvgIpc) is 3.38. The third-order valence-electron chi connectivity index (χ3n) is 8.69. The molecule has 6 rings (SSSR count). The molecule has 2 saturated carbocycles. The number of aliphatic hydroxyl groups excluding tert-OH is 2. The van der Waals surface area contributed by atoms with Crippen molar-refractivity contribution in [3.8, 4) is 0 Å². The van der Waals surface area contributed by atoms with E-state index in [0.29, 0.717) is 36.7 Å². The van der Waals surface area contributed by atoms with E-state index in [1.807, 2.05) is 35.9 Å². The molecule has 4 atom stereocenters. The lowest BCUT2D eigenvalue weighted by atomic mass is 10.1. The molecular formula is C29H37ClN6O4S. The maximum atomic E-state index is 12.7. The molecule has 2 aliphatic carbocycles. The summed E-state index contributed by atoms with van der Waals surface area (Å²) in [6.07, 6.45) is 8.50. The summed E-state index contributed by atoms with van der Waals surface area (Å²) in [4.78, 5) is 16.9. The number of aromatic nitrogens is 5. The van der Waals surface area contributed by atoms with Crippen LogP contribution in [-0.4, -0.2) is 79.0 Å². The Morgan fingerprint density at radius 3 is 2.73 bits per heavy atom. The van der Waals surface area contributed by atoms with Crippen LogP contribution in [0.25, 0.3) is 22.1 Å². The molecule has 3 aromatic heterocycles. The molecule has 0 amide bonds. The van der Waals surface area contributed by atoms with Crippen LogP contribution in [0.2, 0.25) is 5.02 Å². The maximum Gasteiger partial charge on any atom is 0.211 e. The van der Waals surface area contributed by atoms with Crippen molar-refractivity contribution < 1.29 is 18.6 Å². The summed E-state index contributed by atoms with van der Waals surface area (Å²) in [5.74, 6) is 1.12. The number of benzene rings is 1. The minimum atomic E-state index is -3.51. The number of aryl methyl sites for hydroxylation is 2. The number of rotatable bonds is 11. The van der Waals surface area contributed by atoms with Gasteiger partial charge in [0, 0.05) is 42.0 Å². The van der Waals surface area contributed by atoms with E-state index in [0.717, 1.165) is 52.0 Å². The smallest absolute Gasteiger partial charge is 0.211 e. The van der Waals surface area contributed by atoms with Crippen LogP contribution in [0.5, 0.6) is 0 Å². The van der Waals surface area contributed by atoms with Crippen molar-refractivity contribution in [1.29, 1.82) is 0 Å². The quantitative estimate of drug-likeness (QED) is 0.223. The average molecular weight is 601 g/mol. The summed E-state index contributed by atoms with van der Waals surface area (Å²) in [5, 5.41) is 23.7. The minimum Gasteiger partial charge on any atom is -0.390 e. The zero-order valence-electron chi connectivity index (χ0n) is 23.4. The van der Waals surface area contributed by atoms with Crippen molar-refractivity contribution in [1.82, 2.24) is 28.8 Å². The molecule has 2 aliphatic rings. The van der Waals surface area contributed by atoms with E-state index < -0.39 is 34.2 Å². The number of halogens is 1. The molecule has 3 heterocycles. The molecule has 0 saturated heterocycles. The highest BCUT2D eigenvalue weighted by Gasteiger charge is 2.44. The number of hydrogen-bond acceptors (Lipinski definition) is 7. The molecule has 2 fully saturated rings. The molecule has 220 valence electrons. The molecule has 10 nitrogen and oxygen atoms in total. The van der Waals surface area contributed by atoms with Crippen molar-refractivity contribution in [2.75, 3.05) is 19.3 Å². The first-order valence-electron chi connectivity index (χ1n) is 14.3. The number of hydrogen-bond donors (Lipinski definition) is 3. The highest BCUT2D eigenvalue weighted by molar-refractivity contribution is 7.88. The van der Waals surface area contributed by atoms with Crippen LogP contribution in [0.4, 0.5) is 0 Å². The van der Waals surface area contributed by atoms with Gasteiger partial charge in [0.2, 0.25) is 10.0 Å². The van der Waals surface area contributed by atoms with Gasteiger partial charge in [-0.05, 0) is 75.1 Å². The number of aromatic amines is 1. The fourth-order valence-corrected chi connectivity index (χ4v) is 7.23. The van der Waals surface area contributed by atoms with E-state index in [-0.39, 0.29) is 6.54 Å². The Morgan fingerprint density at radius 2 is 1.98 bits per heavy atom. The lowest BCUT2D eigenvalue weighted by Gasteiger charge is -2.25. The maximum absolute atomic E-state index is 12.7. The van der Waals surface area contributed by atoms with E-state index in [9.17, 15) is 18.6 Å². The van der Waals surface area contributed by atoms with Gasteiger partial charge in [-0.25, -0.2) is 27.7 Å². The fraction of sp³-hybridized carbons (Fsp3) is 0.552. The molecule has 0 unspecified atom stereocenters. The van der Waals surface area contributed by atoms with Crippen molar-refractivity contribution in [3.05, 3.63) is 52.8 Å². The number of aliphatic hydroxyl groups is 2. The summed E-state index contributed by atoms with van der Waals surface area (Å²) >= 11 is 6.22. The molecular weight excluding hydrogens is 564 g/mol. The topological polar surface area (TPSA) is 137 Å². The monoisotopic (exact) mass is 600 g/mol. The van der Waals surface area contributed by atoms with Gasteiger partial charge in [-0.1, -0.05) is 11.6 Å². The molecule has 0 aliphatic heterocycles. The third-order valence-corrected chi connectivity index (χ3v) is 10.4. The predicted molar refractivity (Wildman–Crippen MR) is 158 cm³/mol. The molecule has 0 spiro atoms. The van der Waals surface area contributed by atoms with Gasteiger partial charge in [-0.2, -0.15) is 0 Å². The van der Waals surface area contributed by atoms with Crippen molar-refractivity contribution in [2.24, 2.45) is 11.8 Å². The van der Waals surface area contributed by atoms with Crippen molar-refractivity contribution in [3.63, 3.8) is 0 Å². The summed E-state index contributed by atoms with van der Waals surface area (Å²) in [6.45, 7) is 2.43. The Bertz CT molecular complexity index is 1630. The summed E-state index contributed by atoms with van der Waals surface area (Å²) in [7, 11) is -3.51. The normalized spacial score (nSPS) is 23.4. The zero-order valence-corrected chi connectivity index (χ0v) is 24.9. The Morgan fingerprint density at radius 1 is 1.17 bits per heavy atom. The van der Waals surface area contributed by atoms with Crippen LogP contribution in [0.3, 0.4) is 0 Å². The van der Waals surface area contributed by atoms with E-state index in [2.05, 4.69) is 19.9 Å². The largest absolute Gasteiger partial charge is 0.390 e. The second kappa shape index (κ2) is 11.3. The highest BCUT2D eigenvalue weighted by Crippen LogP contribution is 2.39. The van der Waals surface area contributed by atoms with Crippen LogP contribution in [0, 0.1) is 18.8 Å². The highest BCUT2D eigenvalue weighted by atomic mass is 35.5. The van der Waals surface area contributed by atoms with E-state index in [1.54, 1.807) is 6.33 Å². The summed E-state index contributed by atoms with van der Waals surface area (Å²) in [5.41, 5.74) is 4.50. The van der Waals surface area contributed by atoms with Gasteiger partial charge in [-0.3, -0.25) is 0 Å². The zero-order chi connectivity index (χ0) is 28.9. The van der Waals surface area contributed by atoms with Gasteiger partial charge >= 0.3 is 0 Å². The first-order valence-corrected chi connectivity index (χ1v) is 16.6. The number of nitrogens with zero attached hydrogens (tertiary/aromatic N) is 5. The van der Waals surface area contributed by atoms with Gasteiger partial charge in [0.25, 0.3) is 0 Å². The van der Waals surface area contributed by atoms with E-state index >= 15 is 0 Å². The summed E-state index contributed by atoms with van der Waals surface area (Å²) in [6, 6.07) is 5.41. The Balaban J connectivity index is 1.10. The van der Waals surface area contributed by atoms with E-state index in [1.165, 1.54) is 23.4 Å². The minimum absolute atomic E-state index is 0.150. The fourth-order valence-electron chi connectivity index (χ4n) is 6.15. The lowest BCUT2D eigenvalue weighted by molar-refractivity contribution is 0.00403. The number of H-pyrrole nitrogens is 1. The first-order chi connectivity index (χ1) is 19.6. The van der Waals surface area contributed by atoms with Gasteiger partial charge < -0.3 is 19.8 Å². The molecule has 3 N–H and O–H groups in total. The number of fused-ring (bicyclic) bond motifs is 2. The first kappa shape index (κ1) is 28.5. The van der Waals surface area contributed by atoms with Crippen molar-refractivity contribution >= 4 is 43.7 Å². The lowest BCUT2D eigenvalue weighted by Crippen LogP contribution is -2.39. The van der Waals surface area contributed by atoms with Crippen LogP contribution in [0.15, 0.2) is 30.7 Å². The molecule has 0 radical (unpaired) electrons.